The molecule has 0 bridgehead atoms. The highest BCUT2D eigenvalue weighted by molar-refractivity contribution is 7.07. The van der Waals surface area contributed by atoms with Crippen LogP contribution in [0.5, 0.6) is 0 Å². The summed E-state index contributed by atoms with van der Waals surface area (Å²) in [6.45, 7) is 0.117. The molecular weight excluding hydrogens is 310 g/mol. The number of hydrogen-bond acceptors (Lipinski definition) is 4. The molecule has 2 N–H and O–H groups in total. The van der Waals surface area contributed by atoms with Crippen molar-refractivity contribution in [2.75, 3.05) is 6.54 Å². The van der Waals surface area contributed by atoms with E-state index in [1.807, 2.05) is 22.9 Å². The summed E-state index contributed by atoms with van der Waals surface area (Å²) in [5.74, 6) is -0.368. The van der Waals surface area contributed by atoms with E-state index in [0.29, 0.717) is 5.65 Å². The van der Waals surface area contributed by atoms with Gasteiger partial charge in [-0.15, -0.1) is 0 Å². The van der Waals surface area contributed by atoms with Gasteiger partial charge in [-0.1, -0.05) is 17.7 Å². The largest absolute Gasteiger partial charge is 0.387 e. The van der Waals surface area contributed by atoms with Crippen molar-refractivity contribution in [3.63, 3.8) is 0 Å². The number of amides is 1. The average Bonchev–Trinajstić information content (AvgIpc) is 3.10. The zero-order valence-corrected chi connectivity index (χ0v) is 12.4. The first kappa shape index (κ1) is 14.1. The second-order valence-electron chi connectivity index (χ2n) is 4.46. The maximum Gasteiger partial charge on any atom is 0.271 e. The van der Waals surface area contributed by atoms with Gasteiger partial charge in [-0.2, -0.15) is 11.3 Å². The highest BCUT2D eigenvalue weighted by atomic mass is 35.5. The van der Waals surface area contributed by atoms with Gasteiger partial charge >= 0.3 is 0 Å². The van der Waals surface area contributed by atoms with Crippen LogP contribution in [0.15, 0.2) is 41.2 Å². The third-order valence-electron chi connectivity index (χ3n) is 3.09. The number of pyridine rings is 1. The van der Waals surface area contributed by atoms with Gasteiger partial charge in [0.05, 0.1) is 6.10 Å². The molecule has 108 valence electrons. The van der Waals surface area contributed by atoms with Crippen molar-refractivity contribution in [3.8, 4) is 0 Å². The molecule has 5 nitrogen and oxygen atoms in total. The van der Waals surface area contributed by atoms with Crippen molar-refractivity contribution < 1.29 is 9.90 Å². The van der Waals surface area contributed by atoms with Gasteiger partial charge in [-0.3, -0.25) is 9.20 Å². The molecule has 0 aromatic carbocycles. The molecule has 21 heavy (non-hydrogen) atoms. The highest BCUT2D eigenvalue weighted by Crippen LogP contribution is 2.18. The maximum absolute atomic E-state index is 12.2. The van der Waals surface area contributed by atoms with Crippen LogP contribution >= 0.6 is 22.9 Å². The van der Waals surface area contributed by atoms with Gasteiger partial charge in [0.2, 0.25) is 0 Å². The zero-order valence-electron chi connectivity index (χ0n) is 10.9. The molecule has 3 aromatic heterocycles. The van der Waals surface area contributed by atoms with Gasteiger partial charge in [0.15, 0.2) is 10.8 Å². The number of hydrogen-bond donors (Lipinski definition) is 2. The Bertz CT molecular complexity index is 770. The third-order valence-corrected chi connectivity index (χ3v) is 4.05. The number of aromatic nitrogens is 2. The first-order valence-electron chi connectivity index (χ1n) is 6.28. The summed E-state index contributed by atoms with van der Waals surface area (Å²) in [7, 11) is 0. The second kappa shape index (κ2) is 5.85. The number of imidazole rings is 1. The molecule has 0 aliphatic rings. The molecule has 0 fully saturated rings. The number of nitrogens with zero attached hydrogens (tertiary/aromatic N) is 2. The van der Waals surface area contributed by atoms with Crippen molar-refractivity contribution in [2.24, 2.45) is 0 Å². The van der Waals surface area contributed by atoms with Crippen LogP contribution in [0, 0.1) is 0 Å². The minimum absolute atomic E-state index is 0.117. The number of thiophene rings is 1. The Morgan fingerprint density at radius 3 is 3.10 bits per heavy atom. The van der Waals surface area contributed by atoms with Gasteiger partial charge in [-0.05, 0) is 34.5 Å². The molecule has 3 heterocycles. The first-order chi connectivity index (χ1) is 10.2. The van der Waals surface area contributed by atoms with E-state index >= 15 is 0 Å². The molecule has 3 aromatic rings. The quantitative estimate of drug-likeness (QED) is 0.776. The summed E-state index contributed by atoms with van der Waals surface area (Å²) in [4.78, 5) is 16.4. The van der Waals surface area contributed by atoms with Gasteiger partial charge in [0.1, 0.15) is 5.65 Å². The Hall–Kier alpha value is -1.89. The van der Waals surface area contributed by atoms with Gasteiger partial charge in [-0.25, -0.2) is 4.98 Å². The van der Waals surface area contributed by atoms with Crippen LogP contribution in [0.4, 0.5) is 0 Å². The molecule has 1 atom stereocenters. The average molecular weight is 322 g/mol. The molecule has 0 saturated heterocycles. The first-order valence-corrected chi connectivity index (χ1v) is 7.60. The zero-order chi connectivity index (χ0) is 14.8. The fourth-order valence-corrected chi connectivity index (χ4v) is 3.00. The number of aliphatic hydroxyl groups is 1. The van der Waals surface area contributed by atoms with Crippen molar-refractivity contribution in [2.45, 2.75) is 6.10 Å². The third kappa shape index (κ3) is 2.78. The van der Waals surface area contributed by atoms with Crippen LogP contribution in [-0.4, -0.2) is 26.9 Å². The van der Waals surface area contributed by atoms with Crippen LogP contribution in [0.2, 0.25) is 5.15 Å². The fraction of sp³-hybridized carbons (Fsp3) is 0.143. The van der Waals surface area contributed by atoms with Crippen LogP contribution in [0.3, 0.4) is 0 Å². The second-order valence-corrected chi connectivity index (χ2v) is 5.60. The van der Waals surface area contributed by atoms with Crippen molar-refractivity contribution >= 4 is 34.5 Å². The fourth-order valence-electron chi connectivity index (χ4n) is 2.03. The number of aliphatic hydroxyl groups excluding tert-OH is 1. The van der Waals surface area contributed by atoms with Gasteiger partial charge in [0, 0.05) is 12.7 Å². The summed E-state index contributed by atoms with van der Waals surface area (Å²) < 4.78 is 1.62. The van der Waals surface area contributed by atoms with Gasteiger partial charge < -0.3 is 10.4 Å². The molecule has 0 radical (unpaired) electrons. The lowest BCUT2D eigenvalue weighted by molar-refractivity contribution is 0.0911. The lowest BCUT2D eigenvalue weighted by Crippen LogP contribution is -2.29. The van der Waals surface area contributed by atoms with E-state index in [0.717, 1.165) is 5.56 Å². The van der Waals surface area contributed by atoms with Crippen molar-refractivity contribution in [1.29, 1.82) is 0 Å². The Balaban J connectivity index is 1.77. The monoisotopic (exact) mass is 321 g/mol. The molecule has 0 saturated carbocycles. The standard InChI is InChI=1S/C14H12ClN3O2S/c15-13-12(18-5-2-1-3-11(18)17-13)14(20)16-7-10(19)9-4-6-21-8-9/h1-6,8,10,19H,7H2,(H,16,20). The maximum atomic E-state index is 12.2. The predicted octanol–water partition coefficient (Wildman–Crippen LogP) is 2.51. The molecule has 7 heteroatoms. The van der Waals surface area contributed by atoms with E-state index < -0.39 is 6.10 Å². The van der Waals surface area contributed by atoms with E-state index in [4.69, 9.17) is 11.6 Å². The van der Waals surface area contributed by atoms with Crippen LogP contribution in [0.25, 0.3) is 5.65 Å². The summed E-state index contributed by atoms with van der Waals surface area (Å²) in [5.41, 5.74) is 1.65. The molecular formula is C14H12ClN3O2S. The Labute approximate surface area is 129 Å². The number of rotatable bonds is 4. The predicted molar refractivity (Wildman–Crippen MR) is 81.8 cm³/mol. The minimum Gasteiger partial charge on any atom is -0.387 e. The topological polar surface area (TPSA) is 66.6 Å². The summed E-state index contributed by atoms with van der Waals surface area (Å²) in [6.07, 6.45) is 0.983. The van der Waals surface area contributed by atoms with Crippen molar-refractivity contribution in [1.82, 2.24) is 14.7 Å². The molecule has 0 aliphatic heterocycles. The van der Waals surface area contributed by atoms with Crippen LogP contribution in [-0.2, 0) is 0 Å². The van der Waals surface area contributed by atoms with Crippen LogP contribution in [0.1, 0.15) is 22.2 Å². The Kier molecular flexibility index (Phi) is 3.92. The Morgan fingerprint density at radius 1 is 1.48 bits per heavy atom. The van der Waals surface area contributed by atoms with E-state index in [9.17, 15) is 9.90 Å². The van der Waals surface area contributed by atoms with E-state index in [1.54, 1.807) is 22.7 Å². The molecule has 1 unspecified atom stereocenters. The lowest BCUT2D eigenvalue weighted by Gasteiger charge is -2.10. The number of halogens is 1. The molecule has 0 spiro atoms. The van der Waals surface area contributed by atoms with Crippen LogP contribution < -0.4 is 5.32 Å². The SMILES string of the molecule is O=C(NCC(O)c1ccsc1)c1c(Cl)nc2ccccn12. The minimum atomic E-state index is -0.738. The Morgan fingerprint density at radius 2 is 2.33 bits per heavy atom. The summed E-state index contributed by atoms with van der Waals surface area (Å²) >= 11 is 7.52. The smallest absolute Gasteiger partial charge is 0.271 e. The van der Waals surface area contributed by atoms with E-state index in [2.05, 4.69) is 10.3 Å². The number of fused-ring (bicyclic) bond motifs is 1. The molecule has 3 rings (SSSR count). The van der Waals surface area contributed by atoms with Crippen molar-refractivity contribution in [3.05, 3.63) is 57.6 Å². The van der Waals surface area contributed by atoms with E-state index in [1.165, 1.54) is 11.3 Å². The molecule has 1 amide bonds. The number of carbonyl (C=O) groups excluding carboxylic acids is 1. The molecule has 0 aliphatic carbocycles. The highest BCUT2D eigenvalue weighted by Gasteiger charge is 2.18. The van der Waals surface area contributed by atoms with Gasteiger partial charge in [0.25, 0.3) is 5.91 Å². The number of carbonyl (C=O) groups is 1. The lowest BCUT2D eigenvalue weighted by atomic mass is 10.2. The number of nitrogens with one attached hydrogen (secondary N) is 1. The summed E-state index contributed by atoms with van der Waals surface area (Å²) in [5, 5.41) is 16.5. The normalized spacial score (nSPS) is 12.5. The summed E-state index contributed by atoms with van der Waals surface area (Å²) in [6, 6.07) is 7.20. The van der Waals surface area contributed by atoms with E-state index in [-0.39, 0.29) is 23.3 Å².